The molecule has 1 aromatic carbocycles. The topological polar surface area (TPSA) is 89.5 Å². The number of carbonyl (C=O) groups excluding carboxylic acids is 2. The fraction of sp³-hybridized carbons (Fsp3) is 0.636. The molecule has 1 aliphatic heterocycles. The number of ether oxygens (including phenoxy) is 6. The maximum Gasteiger partial charge on any atom is 0.308 e. The van der Waals surface area contributed by atoms with Crippen molar-refractivity contribution in [2.45, 2.75) is 64.0 Å². The van der Waals surface area contributed by atoms with E-state index in [0.29, 0.717) is 0 Å². The summed E-state index contributed by atoms with van der Waals surface area (Å²) in [5.41, 5.74) is 0.911. The van der Waals surface area contributed by atoms with Gasteiger partial charge in [-0.25, -0.2) is 0 Å². The van der Waals surface area contributed by atoms with Crippen molar-refractivity contribution in [3.05, 3.63) is 35.9 Å². The first-order chi connectivity index (χ1) is 14.4. The molecule has 6 atom stereocenters. The molecule has 30 heavy (non-hydrogen) atoms. The molecule has 1 aromatic rings. The van der Waals surface area contributed by atoms with E-state index in [1.807, 2.05) is 37.3 Å². The van der Waals surface area contributed by atoms with Gasteiger partial charge in [-0.1, -0.05) is 37.3 Å². The summed E-state index contributed by atoms with van der Waals surface area (Å²) in [6.45, 7) is 3.82. The summed E-state index contributed by atoms with van der Waals surface area (Å²) in [6.07, 6.45) is -2.55. The molecule has 0 radical (unpaired) electrons. The molecule has 0 bridgehead atoms. The lowest BCUT2D eigenvalue weighted by molar-refractivity contribution is -0.297. The van der Waals surface area contributed by atoms with Gasteiger partial charge in [0.05, 0.1) is 6.10 Å². The van der Waals surface area contributed by atoms with Crippen LogP contribution in [0.3, 0.4) is 0 Å². The Bertz CT molecular complexity index is 664. The highest BCUT2D eigenvalue weighted by Crippen LogP contribution is 2.28. The summed E-state index contributed by atoms with van der Waals surface area (Å²) >= 11 is 0. The first-order valence-corrected chi connectivity index (χ1v) is 10.0. The Labute approximate surface area is 177 Å². The van der Waals surface area contributed by atoms with Crippen LogP contribution in [0.25, 0.3) is 0 Å². The Kier molecular flexibility index (Phi) is 9.71. The molecule has 168 valence electrons. The van der Waals surface area contributed by atoms with Crippen molar-refractivity contribution >= 4 is 11.9 Å². The van der Waals surface area contributed by atoms with Crippen molar-refractivity contribution in [3.8, 4) is 0 Å². The van der Waals surface area contributed by atoms with E-state index >= 15 is 0 Å². The summed E-state index contributed by atoms with van der Waals surface area (Å²) < 4.78 is 32.9. The van der Waals surface area contributed by atoms with E-state index < -0.39 is 24.5 Å². The zero-order valence-electron chi connectivity index (χ0n) is 18.2. The number of rotatable bonds is 10. The van der Waals surface area contributed by atoms with Crippen LogP contribution < -0.4 is 0 Å². The van der Waals surface area contributed by atoms with E-state index in [0.717, 1.165) is 5.56 Å². The van der Waals surface area contributed by atoms with Crippen LogP contribution in [0.1, 0.15) is 32.3 Å². The van der Waals surface area contributed by atoms with Gasteiger partial charge in [-0.15, -0.1) is 0 Å². The molecule has 0 saturated carbocycles. The Morgan fingerprint density at radius 3 is 2.13 bits per heavy atom. The van der Waals surface area contributed by atoms with Gasteiger partial charge in [-0.3, -0.25) is 9.59 Å². The molecule has 8 heteroatoms. The third kappa shape index (κ3) is 6.77. The van der Waals surface area contributed by atoms with Crippen molar-refractivity contribution in [2.24, 2.45) is 5.92 Å². The molecule has 8 nitrogen and oxygen atoms in total. The molecule has 0 aromatic heterocycles. The highest BCUT2D eigenvalue weighted by molar-refractivity contribution is 5.73. The zero-order valence-corrected chi connectivity index (χ0v) is 18.2. The van der Waals surface area contributed by atoms with E-state index in [-0.39, 0.29) is 43.5 Å². The standard InChI is InChI=1S/C22H32O8/c1-14(11-17(23)28-13-16-9-7-6-8-10-16)12-18(24)30-22-21(27-5)20(26-4)19(25-3)15(2)29-22/h6-10,14-15,19-22H,11-13H2,1-5H3/t14-,15-,19-,20+,21+,22+/m0/s1. The number of hydrogen-bond acceptors (Lipinski definition) is 8. The molecule has 1 fully saturated rings. The lowest BCUT2D eigenvalue weighted by Gasteiger charge is -2.43. The third-order valence-electron chi connectivity index (χ3n) is 5.06. The van der Waals surface area contributed by atoms with Gasteiger partial charge in [-0.2, -0.15) is 0 Å². The van der Waals surface area contributed by atoms with E-state index in [2.05, 4.69) is 0 Å². The molecule has 0 spiro atoms. The predicted octanol–water partition coefficient (Wildman–Crippen LogP) is 2.48. The van der Waals surface area contributed by atoms with Crippen LogP contribution in [0.4, 0.5) is 0 Å². The highest BCUT2D eigenvalue weighted by atomic mass is 16.7. The van der Waals surface area contributed by atoms with Gasteiger partial charge >= 0.3 is 11.9 Å². The van der Waals surface area contributed by atoms with Crippen LogP contribution in [-0.2, 0) is 44.6 Å². The largest absolute Gasteiger partial charge is 0.461 e. The molecule has 0 N–H and O–H groups in total. The smallest absolute Gasteiger partial charge is 0.308 e. The van der Waals surface area contributed by atoms with Crippen LogP contribution in [-0.4, -0.2) is 64.0 Å². The first-order valence-electron chi connectivity index (χ1n) is 10.0. The fourth-order valence-corrected chi connectivity index (χ4v) is 3.53. The molecule has 0 amide bonds. The Balaban J connectivity index is 1.82. The second kappa shape index (κ2) is 12.0. The van der Waals surface area contributed by atoms with Crippen LogP contribution in [0.15, 0.2) is 30.3 Å². The van der Waals surface area contributed by atoms with Gasteiger partial charge in [0.15, 0.2) is 0 Å². The van der Waals surface area contributed by atoms with Gasteiger partial charge in [-0.05, 0) is 18.4 Å². The van der Waals surface area contributed by atoms with E-state index in [4.69, 9.17) is 28.4 Å². The lowest BCUT2D eigenvalue weighted by atomic mass is 9.99. The van der Waals surface area contributed by atoms with Crippen molar-refractivity contribution in [1.29, 1.82) is 0 Å². The van der Waals surface area contributed by atoms with Crippen LogP contribution >= 0.6 is 0 Å². The van der Waals surface area contributed by atoms with Crippen molar-refractivity contribution in [2.75, 3.05) is 21.3 Å². The Morgan fingerprint density at radius 2 is 1.53 bits per heavy atom. The molecule has 0 unspecified atom stereocenters. The van der Waals surface area contributed by atoms with Gasteiger partial charge < -0.3 is 28.4 Å². The summed E-state index contributed by atoms with van der Waals surface area (Å²) in [6, 6.07) is 9.42. The zero-order chi connectivity index (χ0) is 22.1. The number of hydrogen-bond donors (Lipinski definition) is 0. The monoisotopic (exact) mass is 424 g/mol. The minimum absolute atomic E-state index is 0.0521. The molecule has 0 aliphatic carbocycles. The minimum Gasteiger partial charge on any atom is -0.461 e. The fourth-order valence-electron chi connectivity index (χ4n) is 3.53. The van der Waals surface area contributed by atoms with Gasteiger partial charge in [0.25, 0.3) is 0 Å². The second-order valence-electron chi connectivity index (χ2n) is 7.46. The quantitative estimate of drug-likeness (QED) is 0.529. The maximum atomic E-state index is 12.4. The molecular weight excluding hydrogens is 392 g/mol. The van der Waals surface area contributed by atoms with Gasteiger partial charge in [0.2, 0.25) is 6.29 Å². The van der Waals surface area contributed by atoms with Crippen LogP contribution in [0, 0.1) is 5.92 Å². The summed E-state index contributed by atoms with van der Waals surface area (Å²) in [4.78, 5) is 24.5. The number of carbonyl (C=O) groups is 2. The third-order valence-corrected chi connectivity index (χ3v) is 5.06. The van der Waals surface area contributed by atoms with Gasteiger partial charge in [0.1, 0.15) is 24.9 Å². The van der Waals surface area contributed by atoms with Gasteiger partial charge in [0, 0.05) is 34.2 Å². The molecular formula is C22H32O8. The molecule has 1 aliphatic rings. The second-order valence-corrected chi connectivity index (χ2v) is 7.46. The maximum absolute atomic E-state index is 12.4. The summed E-state index contributed by atoms with van der Waals surface area (Å²) in [7, 11) is 4.60. The summed E-state index contributed by atoms with van der Waals surface area (Å²) in [5, 5.41) is 0. The lowest BCUT2D eigenvalue weighted by Crippen LogP contribution is -2.59. The minimum atomic E-state index is -0.925. The SMILES string of the molecule is CO[C@@H]1[C@@H](OC)[C@H](C)O[C@H](OC(=O)C[C@@H](C)CC(=O)OCc2ccccc2)[C@@H]1OC. The first kappa shape index (κ1) is 24.3. The molecule has 2 rings (SSSR count). The van der Waals surface area contributed by atoms with Crippen molar-refractivity contribution in [1.82, 2.24) is 0 Å². The molecule has 1 saturated heterocycles. The normalized spacial score (nSPS) is 27.3. The van der Waals surface area contributed by atoms with Crippen LogP contribution in [0.2, 0.25) is 0 Å². The number of methoxy groups -OCH3 is 3. The van der Waals surface area contributed by atoms with E-state index in [9.17, 15) is 9.59 Å². The number of esters is 2. The average molecular weight is 424 g/mol. The molecule has 1 heterocycles. The summed E-state index contributed by atoms with van der Waals surface area (Å²) in [5.74, 6) is -1.09. The van der Waals surface area contributed by atoms with E-state index in [1.54, 1.807) is 21.1 Å². The predicted molar refractivity (Wildman–Crippen MR) is 107 cm³/mol. The Hall–Kier alpha value is -2.00. The number of benzene rings is 1. The van der Waals surface area contributed by atoms with E-state index in [1.165, 1.54) is 7.11 Å². The van der Waals surface area contributed by atoms with Crippen LogP contribution in [0.5, 0.6) is 0 Å². The average Bonchev–Trinajstić information content (AvgIpc) is 2.72. The van der Waals surface area contributed by atoms with Crippen molar-refractivity contribution in [3.63, 3.8) is 0 Å². The Morgan fingerprint density at radius 1 is 0.933 bits per heavy atom. The van der Waals surface area contributed by atoms with Crippen molar-refractivity contribution < 1.29 is 38.0 Å². The highest BCUT2D eigenvalue weighted by Gasteiger charge is 2.47.